The Morgan fingerprint density at radius 2 is 1.79 bits per heavy atom. The highest BCUT2D eigenvalue weighted by atomic mass is 32.2. The second-order valence-electron chi connectivity index (χ2n) is 5.66. The van der Waals surface area contributed by atoms with E-state index in [0.717, 1.165) is 11.6 Å². The minimum absolute atomic E-state index is 0.0632. The first kappa shape index (κ1) is 16.7. The Labute approximate surface area is 140 Å². The van der Waals surface area contributed by atoms with Gasteiger partial charge in [-0.3, -0.25) is 0 Å². The average Bonchev–Trinajstić information content (AvgIpc) is 2.53. The van der Waals surface area contributed by atoms with E-state index in [4.69, 9.17) is 9.47 Å². The highest BCUT2D eigenvalue weighted by Crippen LogP contribution is 2.33. The molecule has 0 amide bonds. The predicted octanol–water partition coefficient (Wildman–Crippen LogP) is 2.94. The third-order valence-electron chi connectivity index (χ3n) is 3.82. The van der Waals surface area contributed by atoms with Gasteiger partial charge in [-0.1, -0.05) is 6.07 Å². The van der Waals surface area contributed by atoms with E-state index >= 15 is 0 Å². The van der Waals surface area contributed by atoms with E-state index in [1.54, 1.807) is 32.0 Å². The normalized spacial score (nSPS) is 15.1. The molecule has 0 unspecified atom stereocenters. The van der Waals surface area contributed by atoms with Gasteiger partial charge in [0, 0.05) is 6.04 Å². The monoisotopic (exact) mass is 351 g/mol. The highest BCUT2D eigenvalue weighted by molar-refractivity contribution is 7.89. The fourth-order valence-electron chi connectivity index (χ4n) is 2.61. The van der Waals surface area contributed by atoms with Crippen LogP contribution in [0.4, 0.5) is 4.39 Å². The molecule has 7 heteroatoms. The number of rotatable bonds is 4. The third-order valence-corrected chi connectivity index (χ3v) is 5.53. The van der Waals surface area contributed by atoms with Gasteiger partial charge in [-0.05, 0) is 55.3 Å². The molecule has 0 aliphatic carbocycles. The molecule has 1 aliphatic heterocycles. The van der Waals surface area contributed by atoms with E-state index in [1.807, 2.05) is 0 Å². The van der Waals surface area contributed by atoms with Crippen LogP contribution < -0.4 is 14.2 Å². The van der Waals surface area contributed by atoms with Crippen molar-refractivity contribution in [3.63, 3.8) is 0 Å². The van der Waals surface area contributed by atoms with Crippen LogP contribution in [0.25, 0.3) is 0 Å². The zero-order valence-corrected chi connectivity index (χ0v) is 14.2. The van der Waals surface area contributed by atoms with Crippen molar-refractivity contribution in [3.05, 3.63) is 53.3 Å². The zero-order chi connectivity index (χ0) is 17.3. The minimum Gasteiger partial charge on any atom is -0.486 e. The molecule has 1 N–H and O–H groups in total. The number of hydrogen-bond acceptors (Lipinski definition) is 4. The quantitative estimate of drug-likeness (QED) is 0.920. The van der Waals surface area contributed by atoms with Crippen molar-refractivity contribution in [1.82, 2.24) is 4.72 Å². The second kappa shape index (κ2) is 6.41. The molecular formula is C17H18FNO4S. The van der Waals surface area contributed by atoms with Gasteiger partial charge in [-0.2, -0.15) is 0 Å². The van der Waals surface area contributed by atoms with Gasteiger partial charge in [-0.25, -0.2) is 17.5 Å². The SMILES string of the molecule is Cc1cc(F)ccc1S(=O)(=O)N[C@H](C)c1ccc2c(c1)OCCO2. The van der Waals surface area contributed by atoms with Crippen LogP contribution in [0, 0.1) is 12.7 Å². The summed E-state index contributed by atoms with van der Waals surface area (Å²) in [6.45, 7) is 4.26. The third kappa shape index (κ3) is 3.37. The number of nitrogens with one attached hydrogen (secondary N) is 1. The molecule has 2 aromatic rings. The van der Waals surface area contributed by atoms with Crippen LogP contribution in [0.5, 0.6) is 11.5 Å². The number of halogens is 1. The topological polar surface area (TPSA) is 64.6 Å². The molecule has 5 nitrogen and oxygen atoms in total. The Morgan fingerprint density at radius 1 is 1.08 bits per heavy atom. The number of fused-ring (bicyclic) bond motifs is 1. The highest BCUT2D eigenvalue weighted by Gasteiger charge is 2.22. The summed E-state index contributed by atoms with van der Waals surface area (Å²) in [7, 11) is -3.77. The van der Waals surface area contributed by atoms with Crippen LogP contribution in [0.3, 0.4) is 0 Å². The van der Waals surface area contributed by atoms with E-state index in [2.05, 4.69) is 4.72 Å². The molecule has 0 spiro atoms. The lowest BCUT2D eigenvalue weighted by molar-refractivity contribution is 0.171. The Hall–Kier alpha value is -2.12. The summed E-state index contributed by atoms with van der Waals surface area (Å²) >= 11 is 0. The number of benzene rings is 2. The lowest BCUT2D eigenvalue weighted by Gasteiger charge is -2.21. The Balaban J connectivity index is 1.84. The van der Waals surface area contributed by atoms with Gasteiger partial charge in [0.15, 0.2) is 11.5 Å². The Bertz CT molecular complexity index is 867. The van der Waals surface area contributed by atoms with Crippen molar-refractivity contribution in [2.24, 2.45) is 0 Å². The first-order chi connectivity index (χ1) is 11.4. The van der Waals surface area contributed by atoms with Crippen molar-refractivity contribution in [1.29, 1.82) is 0 Å². The van der Waals surface area contributed by atoms with Gasteiger partial charge in [0.2, 0.25) is 10.0 Å². The summed E-state index contributed by atoms with van der Waals surface area (Å²) in [4.78, 5) is 0.0632. The summed E-state index contributed by atoms with van der Waals surface area (Å²) in [6, 6.07) is 8.44. The van der Waals surface area contributed by atoms with E-state index in [-0.39, 0.29) is 4.90 Å². The molecule has 0 bridgehead atoms. The zero-order valence-electron chi connectivity index (χ0n) is 13.4. The van der Waals surface area contributed by atoms with Crippen molar-refractivity contribution in [2.45, 2.75) is 24.8 Å². The maximum absolute atomic E-state index is 13.2. The van der Waals surface area contributed by atoms with Gasteiger partial charge in [0.25, 0.3) is 0 Å². The first-order valence-corrected chi connectivity index (χ1v) is 9.03. The van der Waals surface area contributed by atoms with Gasteiger partial charge in [-0.15, -0.1) is 0 Å². The summed E-state index contributed by atoms with van der Waals surface area (Å²) < 4.78 is 51.9. The molecule has 1 aliphatic rings. The van der Waals surface area contributed by atoms with Gasteiger partial charge in [0.1, 0.15) is 19.0 Å². The largest absolute Gasteiger partial charge is 0.486 e. The van der Waals surface area contributed by atoms with Crippen molar-refractivity contribution >= 4 is 10.0 Å². The van der Waals surface area contributed by atoms with E-state index in [0.29, 0.717) is 30.3 Å². The van der Waals surface area contributed by atoms with E-state index < -0.39 is 21.9 Å². The lowest BCUT2D eigenvalue weighted by atomic mass is 10.1. The molecule has 0 aromatic heterocycles. The Kier molecular flexibility index (Phi) is 4.47. The summed E-state index contributed by atoms with van der Waals surface area (Å²) in [5.74, 6) is 0.781. The Morgan fingerprint density at radius 3 is 2.50 bits per heavy atom. The van der Waals surface area contributed by atoms with Crippen molar-refractivity contribution in [3.8, 4) is 11.5 Å². The molecule has 24 heavy (non-hydrogen) atoms. The minimum atomic E-state index is -3.77. The number of sulfonamides is 1. The fraction of sp³-hybridized carbons (Fsp3) is 0.294. The molecule has 1 heterocycles. The van der Waals surface area contributed by atoms with Crippen molar-refractivity contribution < 1.29 is 22.3 Å². The predicted molar refractivity (Wildman–Crippen MR) is 87.3 cm³/mol. The molecular weight excluding hydrogens is 333 g/mol. The summed E-state index contributed by atoms with van der Waals surface area (Å²) in [5.41, 5.74) is 1.11. The molecule has 0 fully saturated rings. The van der Waals surface area contributed by atoms with Crippen LogP contribution in [-0.2, 0) is 10.0 Å². The van der Waals surface area contributed by atoms with E-state index in [1.165, 1.54) is 12.1 Å². The summed E-state index contributed by atoms with van der Waals surface area (Å²) in [6.07, 6.45) is 0. The van der Waals surface area contributed by atoms with Crippen LogP contribution in [-0.4, -0.2) is 21.6 Å². The van der Waals surface area contributed by atoms with Gasteiger partial charge < -0.3 is 9.47 Å². The van der Waals surface area contributed by atoms with Crippen LogP contribution >= 0.6 is 0 Å². The smallest absolute Gasteiger partial charge is 0.241 e. The van der Waals surface area contributed by atoms with Gasteiger partial charge in [0.05, 0.1) is 4.90 Å². The van der Waals surface area contributed by atoms with Crippen LogP contribution in [0.2, 0.25) is 0 Å². The maximum Gasteiger partial charge on any atom is 0.241 e. The van der Waals surface area contributed by atoms with Gasteiger partial charge >= 0.3 is 0 Å². The number of aryl methyl sites for hydroxylation is 1. The average molecular weight is 351 g/mol. The molecule has 3 rings (SSSR count). The van der Waals surface area contributed by atoms with Crippen LogP contribution in [0.1, 0.15) is 24.1 Å². The van der Waals surface area contributed by atoms with Crippen LogP contribution in [0.15, 0.2) is 41.3 Å². The maximum atomic E-state index is 13.2. The molecule has 0 saturated carbocycles. The molecule has 2 aromatic carbocycles. The molecule has 0 radical (unpaired) electrons. The molecule has 128 valence electrons. The summed E-state index contributed by atoms with van der Waals surface area (Å²) in [5, 5.41) is 0. The number of hydrogen-bond donors (Lipinski definition) is 1. The first-order valence-electron chi connectivity index (χ1n) is 7.55. The standard InChI is InChI=1S/C17H18FNO4S/c1-11-9-14(18)4-6-17(11)24(20,21)19-12(2)13-3-5-15-16(10-13)23-8-7-22-15/h3-6,9-10,12,19H,7-8H2,1-2H3/t12-/m1/s1. The van der Waals surface area contributed by atoms with E-state index in [9.17, 15) is 12.8 Å². The second-order valence-corrected chi connectivity index (χ2v) is 7.34. The number of ether oxygens (including phenoxy) is 2. The molecule has 0 saturated heterocycles. The lowest BCUT2D eigenvalue weighted by Crippen LogP contribution is -2.27. The molecule has 1 atom stereocenters. The van der Waals surface area contributed by atoms with Crippen molar-refractivity contribution in [2.75, 3.05) is 13.2 Å². The fourth-order valence-corrected chi connectivity index (χ4v) is 4.07.